The molecule has 29 heavy (non-hydrogen) atoms. The van der Waals surface area contributed by atoms with Crippen molar-refractivity contribution in [2.45, 2.75) is 32.6 Å². The van der Waals surface area contributed by atoms with E-state index in [1.54, 1.807) is 14.2 Å². The molecule has 2 aromatic rings. The first-order valence-electron chi connectivity index (χ1n) is 9.78. The van der Waals surface area contributed by atoms with Crippen LogP contribution in [0.2, 0.25) is 5.02 Å². The van der Waals surface area contributed by atoms with Gasteiger partial charge in [0, 0.05) is 37.9 Å². The SMILES string of the molecule is COC(CNC(=O)[C@@H]1CCCN(Cc2nc(-c3ccc(Cl)cc3)oc2C)C1)OC. The number of rotatable bonds is 8. The lowest BCUT2D eigenvalue weighted by molar-refractivity contribution is -0.132. The van der Waals surface area contributed by atoms with E-state index < -0.39 is 6.29 Å². The lowest BCUT2D eigenvalue weighted by Crippen LogP contribution is -2.44. The Kier molecular flexibility index (Phi) is 7.66. The van der Waals surface area contributed by atoms with Crippen LogP contribution in [0.25, 0.3) is 11.5 Å². The van der Waals surface area contributed by atoms with Crippen LogP contribution in [0.4, 0.5) is 0 Å². The molecule has 0 unspecified atom stereocenters. The molecule has 158 valence electrons. The summed E-state index contributed by atoms with van der Waals surface area (Å²) in [6, 6.07) is 7.43. The van der Waals surface area contributed by atoms with E-state index in [1.807, 2.05) is 31.2 Å². The Morgan fingerprint density at radius 1 is 1.34 bits per heavy atom. The van der Waals surface area contributed by atoms with Crippen molar-refractivity contribution < 1.29 is 18.7 Å². The number of nitrogens with one attached hydrogen (secondary N) is 1. The smallest absolute Gasteiger partial charge is 0.226 e. The molecule has 1 aliphatic heterocycles. The number of benzene rings is 1. The number of aryl methyl sites for hydroxylation is 1. The second kappa shape index (κ2) is 10.2. The molecule has 1 aromatic heterocycles. The molecule has 7 nitrogen and oxygen atoms in total. The average Bonchev–Trinajstić information content (AvgIpc) is 3.09. The Balaban J connectivity index is 1.59. The number of methoxy groups -OCH3 is 2. The van der Waals surface area contributed by atoms with Gasteiger partial charge in [-0.15, -0.1) is 0 Å². The minimum atomic E-state index is -0.428. The van der Waals surface area contributed by atoms with Crippen molar-refractivity contribution in [1.29, 1.82) is 0 Å². The first kappa shape index (κ1) is 21.8. The van der Waals surface area contributed by atoms with Gasteiger partial charge in [-0.3, -0.25) is 9.69 Å². The van der Waals surface area contributed by atoms with Crippen LogP contribution in [-0.2, 0) is 20.8 Å². The van der Waals surface area contributed by atoms with Gasteiger partial charge in [-0.05, 0) is 50.6 Å². The maximum Gasteiger partial charge on any atom is 0.226 e. The summed E-state index contributed by atoms with van der Waals surface area (Å²) in [5.41, 5.74) is 1.79. The highest BCUT2D eigenvalue weighted by molar-refractivity contribution is 6.30. The zero-order chi connectivity index (χ0) is 20.8. The minimum Gasteiger partial charge on any atom is -0.441 e. The largest absolute Gasteiger partial charge is 0.441 e. The van der Waals surface area contributed by atoms with E-state index in [0.29, 0.717) is 30.5 Å². The van der Waals surface area contributed by atoms with E-state index in [2.05, 4.69) is 15.2 Å². The topological polar surface area (TPSA) is 76.8 Å². The van der Waals surface area contributed by atoms with Crippen molar-refractivity contribution in [3.63, 3.8) is 0 Å². The number of carbonyl (C=O) groups is 1. The maximum atomic E-state index is 12.5. The van der Waals surface area contributed by atoms with Gasteiger partial charge < -0.3 is 19.2 Å². The molecule has 1 atom stereocenters. The van der Waals surface area contributed by atoms with Crippen LogP contribution in [0.1, 0.15) is 24.3 Å². The third-order valence-corrected chi connectivity index (χ3v) is 5.45. The van der Waals surface area contributed by atoms with Gasteiger partial charge in [0.25, 0.3) is 0 Å². The van der Waals surface area contributed by atoms with Crippen molar-refractivity contribution in [2.75, 3.05) is 33.9 Å². The third-order valence-electron chi connectivity index (χ3n) is 5.20. The second-order valence-corrected chi connectivity index (χ2v) is 7.69. The highest BCUT2D eigenvalue weighted by atomic mass is 35.5. The third kappa shape index (κ3) is 5.79. The molecule has 1 fully saturated rings. The van der Waals surface area contributed by atoms with Crippen molar-refractivity contribution in [2.24, 2.45) is 5.92 Å². The number of hydrogen-bond acceptors (Lipinski definition) is 6. The summed E-state index contributed by atoms with van der Waals surface area (Å²) in [6.07, 6.45) is 1.42. The van der Waals surface area contributed by atoms with Gasteiger partial charge in [-0.2, -0.15) is 0 Å². The summed E-state index contributed by atoms with van der Waals surface area (Å²) in [6.45, 7) is 4.55. The molecule has 1 saturated heterocycles. The molecule has 3 rings (SSSR count). The summed E-state index contributed by atoms with van der Waals surface area (Å²) in [5, 5.41) is 3.60. The Bertz CT molecular complexity index is 805. The first-order valence-corrected chi connectivity index (χ1v) is 10.2. The Morgan fingerprint density at radius 2 is 2.07 bits per heavy atom. The standard InChI is InChI=1S/C21H28ClN3O4/c1-14-18(24-21(29-14)15-6-8-17(22)9-7-15)13-25-10-4-5-16(12-25)20(26)23-11-19(27-2)28-3/h6-9,16,19H,4-5,10-13H2,1-3H3,(H,23,26)/t16-/m1/s1. The van der Waals surface area contributed by atoms with Crippen LogP contribution >= 0.6 is 11.6 Å². The fourth-order valence-electron chi connectivity index (χ4n) is 3.51. The van der Waals surface area contributed by atoms with Gasteiger partial charge in [0.05, 0.1) is 18.2 Å². The lowest BCUT2D eigenvalue weighted by Gasteiger charge is -2.31. The lowest BCUT2D eigenvalue weighted by atomic mass is 9.97. The van der Waals surface area contributed by atoms with Crippen LogP contribution in [0.15, 0.2) is 28.7 Å². The molecule has 1 aliphatic rings. The number of piperidine rings is 1. The summed E-state index contributed by atoms with van der Waals surface area (Å²) >= 11 is 5.96. The Hall–Kier alpha value is -1.93. The van der Waals surface area contributed by atoms with Gasteiger partial charge in [0.2, 0.25) is 11.8 Å². The van der Waals surface area contributed by atoms with Crippen LogP contribution < -0.4 is 5.32 Å². The van der Waals surface area contributed by atoms with Crippen LogP contribution in [0.5, 0.6) is 0 Å². The molecule has 1 amide bonds. The van der Waals surface area contributed by atoms with Crippen LogP contribution in [0.3, 0.4) is 0 Å². The zero-order valence-corrected chi connectivity index (χ0v) is 17.9. The van der Waals surface area contributed by atoms with Crippen molar-refractivity contribution >= 4 is 17.5 Å². The molecule has 1 N–H and O–H groups in total. The Labute approximate surface area is 176 Å². The van der Waals surface area contributed by atoms with Crippen molar-refractivity contribution in [3.05, 3.63) is 40.7 Å². The number of ether oxygens (including phenoxy) is 2. The number of amides is 1. The first-order chi connectivity index (χ1) is 14.0. The van der Waals surface area contributed by atoms with E-state index in [9.17, 15) is 4.79 Å². The number of hydrogen-bond donors (Lipinski definition) is 1. The molecule has 1 aromatic carbocycles. The Morgan fingerprint density at radius 3 is 2.76 bits per heavy atom. The predicted octanol–water partition coefficient (Wildman–Crippen LogP) is 3.25. The number of carbonyl (C=O) groups excluding carboxylic acids is 1. The number of halogens is 1. The van der Waals surface area contributed by atoms with Crippen LogP contribution in [-0.4, -0.2) is 55.9 Å². The average molecular weight is 422 g/mol. The number of oxazole rings is 1. The summed E-state index contributed by atoms with van der Waals surface area (Å²) in [7, 11) is 3.11. The molecular formula is C21H28ClN3O4. The van der Waals surface area contributed by atoms with Gasteiger partial charge in [-0.1, -0.05) is 11.6 Å². The molecular weight excluding hydrogens is 394 g/mol. The van der Waals surface area contributed by atoms with Gasteiger partial charge in [0.15, 0.2) is 6.29 Å². The van der Waals surface area contributed by atoms with Gasteiger partial charge in [-0.25, -0.2) is 4.98 Å². The van der Waals surface area contributed by atoms with Crippen molar-refractivity contribution in [1.82, 2.24) is 15.2 Å². The summed E-state index contributed by atoms with van der Waals surface area (Å²) in [5.74, 6) is 1.36. The van der Waals surface area contributed by atoms with E-state index >= 15 is 0 Å². The molecule has 0 bridgehead atoms. The molecule has 0 radical (unpaired) electrons. The quantitative estimate of drug-likeness (QED) is 0.659. The monoisotopic (exact) mass is 421 g/mol. The fraction of sp³-hybridized carbons (Fsp3) is 0.524. The van der Waals surface area contributed by atoms with Gasteiger partial charge in [0.1, 0.15) is 5.76 Å². The number of likely N-dealkylation sites (tertiary alicyclic amines) is 1. The normalized spacial score (nSPS) is 17.6. The van der Waals surface area contributed by atoms with E-state index in [1.165, 1.54) is 0 Å². The van der Waals surface area contributed by atoms with E-state index in [0.717, 1.165) is 36.4 Å². The molecule has 2 heterocycles. The predicted molar refractivity (Wildman–Crippen MR) is 111 cm³/mol. The van der Waals surface area contributed by atoms with E-state index in [-0.39, 0.29) is 11.8 Å². The molecule has 8 heteroatoms. The summed E-state index contributed by atoms with van der Waals surface area (Å²) < 4.78 is 16.1. The number of aromatic nitrogens is 1. The minimum absolute atomic E-state index is 0.0347. The molecule has 0 saturated carbocycles. The zero-order valence-electron chi connectivity index (χ0n) is 17.1. The molecule has 0 spiro atoms. The van der Waals surface area contributed by atoms with E-state index in [4.69, 9.17) is 25.5 Å². The summed E-state index contributed by atoms with van der Waals surface area (Å²) in [4.78, 5) is 19.5. The second-order valence-electron chi connectivity index (χ2n) is 7.25. The van der Waals surface area contributed by atoms with Crippen LogP contribution in [0, 0.1) is 12.8 Å². The fourth-order valence-corrected chi connectivity index (χ4v) is 3.63. The van der Waals surface area contributed by atoms with Gasteiger partial charge >= 0.3 is 0 Å². The highest BCUT2D eigenvalue weighted by Gasteiger charge is 2.27. The highest BCUT2D eigenvalue weighted by Crippen LogP contribution is 2.25. The maximum absolute atomic E-state index is 12.5. The molecule has 0 aliphatic carbocycles. The number of nitrogens with zero attached hydrogens (tertiary/aromatic N) is 2. The van der Waals surface area contributed by atoms with Crippen molar-refractivity contribution in [3.8, 4) is 11.5 Å².